The maximum atomic E-state index is 13.2. The number of aliphatic hydroxyl groups is 1. The van der Waals surface area contributed by atoms with Crippen molar-refractivity contribution in [1.29, 1.82) is 0 Å². The molecular formula is C29H42N2O4. The van der Waals surface area contributed by atoms with Gasteiger partial charge in [0.1, 0.15) is 17.7 Å². The van der Waals surface area contributed by atoms with Crippen LogP contribution in [-0.2, 0) is 21.4 Å². The van der Waals surface area contributed by atoms with E-state index in [2.05, 4.69) is 34.7 Å². The molecule has 35 heavy (non-hydrogen) atoms. The molecule has 1 aromatic heterocycles. The van der Waals surface area contributed by atoms with Crippen LogP contribution < -0.4 is 0 Å². The lowest BCUT2D eigenvalue weighted by molar-refractivity contribution is -0.151. The van der Waals surface area contributed by atoms with Crippen molar-refractivity contribution in [1.82, 2.24) is 9.55 Å². The van der Waals surface area contributed by atoms with E-state index in [4.69, 9.17) is 4.74 Å². The smallest absolute Gasteiger partial charge is 0.306 e. The van der Waals surface area contributed by atoms with Crippen molar-refractivity contribution in [3.63, 3.8) is 0 Å². The summed E-state index contributed by atoms with van der Waals surface area (Å²) < 4.78 is 8.15. The summed E-state index contributed by atoms with van der Waals surface area (Å²) in [6.45, 7) is 9.63. The minimum atomic E-state index is -0.697. The molecule has 1 aliphatic carbocycles. The Morgan fingerprint density at radius 2 is 1.86 bits per heavy atom. The van der Waals surface area contributed by atoms with Crippen LogP contribution in [0.4, 0.5) is 0 Å². The van der Waals surface area contributed by atoms with Crippen LogP contribution in [0, 0.1) is 36.0 Å². The molecule has 1 saturated heterocycles. The first-order valence-corrected chi connectivity index (χ1v) is 13.3. The number of aliphatic hydroxyl groups excluding tert-OH is 1. The number of esters is 1. The highest BCUT2D eigenvalue weighted by atomic mass is 16.5. The van der Waals surface area contributed by atoms with Gasteiger partial charge in [-0.05, 0) is 68.1 Å². The third-order valence-electron chi connectivity index (χ3n) is 8.72. The highest BCUT2D eigenvalue weighted by Crippen LogP contribution is 2.49. The minimum absolute atomic E-state index is 0.0199. The molecule has 1 aromatic carbocycles. The van der Waals surface area contributed by atoms with Gasteiger partial charge in [-0.1, -0.05) is 46.6 Å². The Kier molecular flexibility index (Phi) is 7.42. The number of fused-ring (bicyclic) bond motifs is 2. The van der Waals surface area contributed by atoms with Gasteiger partial charge >= 0.3 is 5.97 Å². The number of hydrogen-bond acceptors (Lipinski definition) is 5. The van der Waals surface area contributed by atoms with Gasteiger partial charge in [-0.25, -0.2) is 4.98 Å². The second kappa shape index (κ2) is 10.0. The number of ketones is 1. The number of Topliss-reactive ketones (excluding diaryl/α,β-unsaturated/α-hetero) is 1. The molecule has 0 bridgehead atoms. The van der Waals surface area contributed by atoms with Crippen LogP contribution in [0.2, 0.25) is 0 Å². The molecule has 6 heteroatoms. The van der Waals surface area contributed by atoms with Crippen LogP contribution in [-0.4, -0.2) is 32.5 Å². The number of benzene rings is 1. The summed E-state index contributed by atoms with van der Waals surface area (Å²) in [4.78, 5) is 30.9. The average Bonchev–Trinajstić information content (AvgIpc) is 3.50. The van der Waals surface area contributed by atoms with Crippen molar-refractivity contribution in [2.75, 3.05) is 0 Å². The molecule has 0 amide bonds. The number of ether oxygens (including phenoxy) is 1. The molecule has 2 aromatic rings. The van der Waals surface area contributed by atoms with Crippen molar-refractivity contribution in [2.24, 2.45) is 36.1 Å². The molecule has 0 unspecified atom stereocenters. The lowest BCUT2D eigenvalue weighted by Crippen LogP contribution is -2.39. The van der Waals surface area contributed by atoms with Gasteiger partial charge in [-0.3, -0.25) is 9.59 Å². The van der Waals surface area contributed by atoms with E-state index in [1.54, 1.807) is 0 Å². The van der Waals surface area contributed by atoms with Crippen molar-refractivity contribution < 1.29 is 19.4 Å². The Labute approximate surface area is 209 Å². The van der Waals surface area contributed by atoms with Crippen LogP contribution in [0.15, 0.2) is 18.2 Å². The summed E-state index contributed by atoms with van der Waals surface area (Å²) in [5, 5.41) is 10.8. The van der Waals surface area contributed by atoms with Crippen LogP contribution in [0.3, 0.4) is 0 Å². The summed E-state index contributed by atoms with van der Waals surface area (Å²) >= 11 is 0. The zero-order valence-corrected chi connectivity index (χ0v) is 22.2. The Morgan fingerprint density at radius 3 is 2.60 bits per heavy atom. The second-order valence-electron chi connectivity index (χ2n) is 11.9. The lowest BCUT2D eigenvalue weighted by atomic mass is 9.74. The highest BCUT2D eigenvalue weighted by molar-refractivity contribution is 5.87. The fourth-order valence-corrected chi connectivity index (χ4v) is 5.91. The summed E-state index contributed by atoms with van der Waals surface area (Å²) in [6, 6.07) is 6.20. The standard InChI is InChI=1S/C29H42N2O4/c1-17-8-7-9-20-14-22(20)16-25(21-10-11-24-23(15-21)30-19(3)31(24)6)35-26(32)12-13-29(4,5)28(34)18(2)27(17)33/h10-11,15,17-18,20,22,25,27,33H,7-9,12-14,16H2,1-6H3/t17-,18+,20+,22-,25-,27-/m0/s1. The largest absolute Gasteiger partial charge is 0.457 e. The van der Waals surface area contributed by atoms with Gasteiger partial charge in [0.05, 0.1) is 17.1 Å². The van der Waals surface area contributed by atoms with Gasteiger partial charge < -0.3 is 14.4 Å². The maximum absolute atomic E-state index is 13.2. The number of hydrogen-bond donors (Lipinski definition) is 1. The van der Waals surface area contributed by atoms with Gasteiger partial charge in [-0.15, -0.1) is 0 Å². The monoisotopic (exact) mass is 482 g/mol. The Morgan fingerprint density at radius 1 is 1.11 bits per heavy atom. The van der Waals surface area contributed by atoms with E-state index in [0.717, 1.165) is 54.5 Å². The van der Waals surface area contributed by atoms with Crippen molar-refractivity contribution in [3.05, 3.63) is 29.6 Å². The zero-order chi connectivity index (χ0) is 25.5. The number of aryl methyl sites for hydroxylation is 2. The second-order valence-corrected chi connectivity index (χ2v) is 11.9. The van der Waals surface area contributed by atoms with Gasteiger partial charge in [0.15, 0.2) is 0 Å². The Hall–Kier alpha value is -2.21. The number of carbonyl (C=O) groups is 2. The van der Waals surface area contributed by atoms with Gasteiger partial charge in [0.25, 0.3) is 0 Å². The van der Waals surface area contributed by atoms with Crippen LogP contribution in [0.25, 0.3) is 11.0 Å². The molecule has 2 fully saturated rings. The number of imidazole rings is 1. The predicted octanol–water partition coefficient (Wildman–Crippen LogP) is 5.68. The number of cyclic esters (lactones) is 1. The molecule has 0 spiro atoms. The minimum Gasteiger partial charge on any atom is -0.457 e. The summed E-state index contributed by atoms with van der Waals surface area (Å²) in [6.07, 6.45) is 4.74. The maximum Gasteiger partial charge on any atom is 0.306 e. The first kappa shape index (κ1) is 25.9. The molecule has 1 saturated carbocycles. The first-order chi connectivity index (χ1) is 16.5. The van der Waals surface area contributed by atoms with E-state index in [9.17, 15) is 14.7 Å². The topological polar surface area (TPSA) is 81.4 Å². The van der Waals surface area contributed by atoms with Crippen LogP contribution in [0.1, 0.15) is 90.1 Å². The number of rotatable bonds is 1. The van der Waals surface area contributed by atoms with E-state index in [1.807, 2.05) is 34.7 Å². The molecule has 0 radical (unpaired) electrons. The van der Waals surface area contributed by atoms with Crippen molar-refractivity contribution in [2.45, 2.75) is 91.8 Å². The van der Waals surface area contributed by atoms with E-state index < -0.39 is 17.4 Å². The van der Waals surface area contributed by atoms with E-state index in [1.165, 1.54) is 0 Å². The highest BCUT2D eigenvalue weighted by Gasteiger charge is 2.41. The third kappa shape index (κ3) is 5.63. The molecule has 1 aliphatic heterocycles. The predicted molar refractivity (Wildman–Crippen MR) is 137 cm³/mol. The number of aromatic nitrogens is 2. The van der Waals surface area contributed by atoms with Gasteiger partial charge in [0.2, 0.25) is 0 Å². The van der Waals surface area contributed by atoms with Crippen molar-refractivity contribution in [3.8, 4) is 0 Å². The zero-order valence-electron chi connectivity index (χ0n) is 22.2. The Bertz CT molecular complexity index is 1090. The first-order valence-electron chi connectivity index (χ1n) is 13.3. The molecule has 192 valence electrons. The van der Waals surface area contributed by atoms with Crippen LogP contribution in [0.5, 0.6) is 0 Å². The summed E-state index contributed by atoms with van der Waals surface area (Å²) in [5.74, 6) is 1.55. The van der Waals surface area contributed by atoms with Gasteiger partial charge in [0, 0.05) is 24.8 Å². The van der Waals surface area contributed by atoms with Gasteiger partial charge in [-0.2, -0.15) is 0 Å². The van der Waals surface area contributed by atoms with Crippen molar-refractivity contribution >= 4 is 22.8 Å². The normalized spacial score (nSPS) is 32.8. The molecule has 2 heterocycles. The molecule has 6 nitrogen and oxygen atoms in total. The summed E-state index contributed by atoms with van der Waals surface area (Å²) in [7, 11) is 2.01. The Balaban J connectivity index is 1.56. The lowest BCUT2D eigenvalue weighted by Gasteiger charge is -2.31. The molecule has 1 N–H and O–H groups in total. The van der Waals surface area contributed by atoms with E-state index in [-0.39, 0.29) is 30.2 Å². The fourth-order valence-electron chi connectivity index (χ4n) is 5.91. The number of carbonyl (C=O) groups excluding carboxylic acids is 2. The van der Waals surface area contributed by atoms with E-state index >= 15 is 0 Å². The summed E-state index contributed by atoms with van der Waals surface area (Å²) in [5.41, 5.74) is 2.29. The van der Waals surface area contributed by atoms with Crippen LogP contribution >= 0.6 is 0 Å². The molecular weight excluding hydrogens is 440 g/mol. The van der Waals surface area contributed by atoms with E-state index in [0.29, 0.717) is 18.3 Å². The molecule has 4 rings (SSSR count). The molecule has 2 aliphatic rings. The average molecular weight is 483 g/mol. The molecule has 6 atom stereocenters. The SMILES string of the molecule is Cc1nc2cc([C@@H]3C[C@@H]4C[C@H]4CCC[C@H](C)[C@H](O)[C@@H](C)C(=O)C(C)(C)CCC(=O)O3)ccc2n1C. The quantitative estimate of drug-likeness (QED) is 0.529. The third-order valence-corrected chi connectivity index (χ3v) is 8.72. The fraction of sp³-hybridized carbons (Fsp3) is 0.690. The number of nitrogens with zero attached hydrogens (tertiary/aromatic N) is 2.